The number of nitrogens with two attached hydrogens (primary N) is 1. The molecule has 6 heterocycles. The highest BCUT2D eigenvalue weighted by Crippen LogP contribution is 2.47. The molecule has 41 heteroatoms. The maximum atomic E-state index is 15.5. The van der Waals surface area contributed by atoms with Crippen LogP contribution in [0.4, 0.5) is 19.7 Å². The highest BCUT2D eigenvalue weighted by atomic mass is 31.2. The average Bonchev–Trinajstić information content (AvgIpc) is 1.68. The standard InChI is InChI=1S/C74H93FN13O26P/c1-6-74(47-32-54-64-45(36-87(54)69(99)46(47)38-112-71(74)101)62-49(80-41(5)89)14-13-44-40(4)48(75)33-52(84-64)61(44)62)114-73(103)113-37-42-9-11-43(12-10-42)81-65(95)50(8-7-20-78-72(76)102)85-68(98)63(39(2)3)86-66(96)53(34-58(92)82-51-17-23-111-70(51)100)83-57(91)18-22-107-25-27-109-29-30-110-28-26-108-24-21-77-67(97)55(88-59(93)15-16-60(88)94)35-79-56(90)19-31-115(104,105)106/h9-12,15-16,32-33,39,49-51,53,55,63H,6-8,13-14,17-31,34-38H2,1-5H3,(H,77,97)(H,79,90)(H,80,89)(H,81,95)(H,82,92)(H,83,91)(H,85,98)(H,86,96)(H3,76,78,102)(H2,104,105,106)/t49-,50-,51-,53-,55-,63-,74-/m0/s1. The number of primary amides is 1. The van der Waals surface area contributed by atoms with Gasteiger partial charge in [0.1, 0.15) is 49.2 Å². The number of ether oxygens (including phenoxy) is 8. The molecule has 39 nitrogen and oxygen atoms in total. The Bertz CT molecular complexity index is 4540. The smallest absolute Gasteiger partial charge is 0.464 e. The van der Waals surface area contributed by atoms with Crippen LogP contribution in [0.25, 0.3) is 22.3 Å². The Balaban J connectivity index is 0.739. The van der Waals surface area contributed by atoms with Crippen LogP contribution in [0.15, 0.2) is 53.3 Å². The van der Waals surface area contributed by atoms with Crippen molar-refractivity contribution in [1.82, 2.24) is 57.0 Å². The van der Waals surface area contributed by atoms with E-state index in [4.69, 9.17) is 58.4 Å². The van der Waals surface area contributed by atoms with Crippen molar-refractivity contribution >= 4 is 107 Å². The van der Waals surface area contributed by atoms with Gasteiger partial charge in [-0.05, 0) is 85.4 Å². The molecule has 4 aromatic rings. The maximum Gasteiger partial charge on any atom is 0.510 e. The van der Waals surface area contributed by atoms with Crippen LogP contribution in [-0.2, 0) is 132 Å². The number of aryl methyl sites for hydroxylation is 1. The Hall–Kier alpha value is -11.2. The van der Waals surface area contributed by atoms with Crippen molar-refractivity contribution in [1.29, 1.82) is 0 Å². The Labute approximate surface area is 656 Å². The summed E-state index contributed by atoms with van der Waals surface area (Å²) in [6, 6.07) is 0.542. The number of aromatic nitrogens is 2. The van der Waals surface area contributed by atoms with Crippen LogP contribution in [0.5, 0.6) is 0 Å². The number of nitrogens with zero attached hydrogens (tertiary/aromatic N) is 3. The molecule has 9 rings (SSSR count). The molecule has 2 aromatic heterocycles. The number of halogens is 1. The SMILES string of the molecule is CC[C@@]1(OC(=O)OCc2ccc(NC(=O)[C@H](CCCNC(N)=O)NC(=O)[C@@H](NC(=O)[C@H](CC(=O)N[C@H]3CCOC3=O)NC(=O)CCOCCOCCOCCOCCNC(=O)[C@H](CNC(=O)CCP(=O)(O)O)N3C(=O)C=CC3=O)C(C)C)cc2)C(=O)OCc2c1cc1n(c2=O)Cc2c-1nc1cc(F)c(C)c3c1c2[C@@H](NC(C)=O)CC3. The normalized spacial score (nSPS) is 17.5. The molecule has 13 N–H and O–H groups in total. The van der Waals surface area contributed by atoms with Gasteiger partial charge in [-0.15, -0.1) is 0 Å². The lowest BCUT2D eigenvalue weighted by Gasteiger charge is -2.35. The van der Waals surface area contributed by atoms with Crippen molar-refractivity contribution in [2.45, 2.75) is 154 Å². The summed E-state index contributed by atoms with van der Waals surface area (Å²) in [6.45, 7) is 6.75. The topological polar surface area (TPSA) is 543 Å². The molecule has 1 saturated heterocycles. The number of benzene rings is 2. The van der Waals surface area contributed by atoms with E-state index >= 15 is 4.39 Å². The van der Waals surface area contributed by atoms with E-state index < -0.39 is 183 Å². The second-order valence-corrected chi connectivity index (χ2v) is 29.6. The third-order valence-corrected chi connectivity index (χ3v) is 20.2. The average molecular weight is 1630 g/mol. The Morgan fingerprint density at radius 3 is 2.05 bits per heavy atom. The van der Waals surface area contributed by atoms with Crippen molar-refractivity contribution in [3.63, 3.8) is 0 Å². The van der Waals surface area contributed by atoms with E-state index in [0.717, 1.165) is 17.7 Å². The Morgan fingerprint density at radius 2 is 1.42 bits per heavy atom. The number of pyridine rings is 2. The van der Waals surface area contributed by atoms with Crippen LogP contribution in [0.3, 0.4) is 0 Å². The predicted molar refractivity (Wildman–Crippen MR) is 398 cm³/mol. The molecular weight excluding hydrogens is 1540 g/mol. The van der Waals surface area contributed by atoms with Gasteiger partial charge >= 0.3 is 31.7 Å². The van der Waals surface area contributed by atoms with Gasteiger partial charge in [0, 0.05) is 86.2 Å². The van der Waals surface area contributed by atoms with E-state index in [1.807, 2.05) is 0 Å². The van der Waals surface area contributed by atoms with Gasteiger partial charge in [-0.1, -0.05) is 32.9 Å². The largest absolute Gasteiger partial charge is 0.510 e. The minimum Gasteiger partial charge on any atom is -0.464 e. The van der Waals surface area contributed by atoms with Gasteiger partial charge in [-0.2, -0.15) is 0 Å². The molecule has 115 heavy (non-hydrogen) atoms. The first-order valence-corrected chi connectivity index (χ1v) is 39.0. The minimum atomic E-state index is -4.48. The molecular formula is C74H93FN13O26P. The number of anilines is 1. The number of fused-ring (bicyclic) bond motifs is 5. The summed E-state index contributed by atoms with van der Waals surface area (Å²) in [6.07, 6.45) is -0.861. The number of hydrogen-bond donors (Lipinski definition) is 12. The summed E-state index contributed by atoms with van der Waals surface area (Å²) in [4.78, 5) is 221. The van der Waals surface area contributed by atoms with E-state index in [1.54, 1.807) is 33.8 Å². The van der Waals surface area contributed by atoms with Gasteiger partial charge in [-0.25, -0.2) is 28.6 Å². The van der Waals surface area contributed by atoms with Gasteiger partial charge < -0.3 is 106 Å². The highest BCUT2D eigenvalue weighted by molar-refractivity contribution is 7.51. The molecule has 0 bridgehead atoms. The third-order valence-electron chi connectivity index (χ3n) is 19.4. The summed E-state index contributed by atoms with van der Waals surface area (Å²) in [7, 11) is -4.48. The number of esters is 2. The van der Waals surface area contributed by atoms with Crippen molar-refractivity contribution in [3.05, 3.63) is 104 Å². The summed E-state index contributed by atoms with van der Waals surface area (Å²) < 4.78 is 71.9. The molecule has 0 spiro atoms. The quantitative estimate of drug-likeness (QED) is 0.00797. The number of carbonyl (C=O) groups is 14. The fraction of sp³-hybridized carbons (Fsp3) is 0.514. The zero-order valence-corrected chi connectivity index (χ0v) is 64.7. The minimum absolute atomic E-state index is 0.0149. The Kier molecular flexibility index (Phi) is 30.7. The number of cyclic esters (lactones) is 2. The number of urea groups is 1. The second-order valence-electron chi connectivity index (χ2n) is 27.9. The van der Waals surface area contributed by atoms with Crippen LogP contribution in [0, 0.1) is 18.7 Å². The molecule has 12 amide bonds. The molecule has 5 aliphatic rings. The molecule has 2 aromatic carbocycles. The fourth-order valence-electron chi connectivity index (χ4n) is 13.6. The van der Waals surface area contributed by atoms with Crippen LogP contribution in [0.1, 0.15) is 124 Å². The van der Waals surface area contributed by atoms with Gasteiger partial charge in [0.2, 0.25) is 52.9 Å². The van der Waals surface area contributed by atoms with Crippen LogP contribution in [0.2, 0.25) is 0 Å². The van der Waals surface area contributed by atoms with Crippen LogP contribution in [-0.4, -0.2) is 223 Å². The van der Waals surface area contributed by atoms with Crippen molar-refractivity contribution in [2.75, 3.05) is 90.6 Å². The molecule has 0 unspecified atom stereocenters. The predicted octanol–water partition coefficient (Wildman–Crippen LogP) is -0.119. The zero-order chi connectivity index (χ0) is 83.4. The van der Waals surface area contributed by atoms with Crippen LogP contribution >= 0.6 is 7.60 Å². The van der Waals surface area contributed by atoms with E-state index in [-0.39, 0.29) is 140 Å². The Morgan fingerprint density at radius 1 is 0.739 bits per heavy atom. The van der Waals surface area contributed by atoms with Crippen molar-refractivity contribution < 1.29 is 124 Å². The molecule has 7 atom stereocenters. The highest BCUT2D eigenvalue weighted by Gasteiger charge is 2.52. The van der Waals surface area contributed by atoms with Gasteiger partial charge in [-0.3, -0.25) is 62.2 Å². The number of rotatable bonds is 42. The molecule has 1 aliphatic carbocycles. The summed E-state index contributed by atoms with van der Waals surface area (Å²) >= 11 is 0. The van der Waals surface area contributed by atoms with Gasteiger partial charge in [0.05, 0.1) is 107 Å². The lowest BCUT2D eigenvalue weighted by molar-refractivity contribution is -0.175. The number of imide groups is 1. The molecule has 0 radical (unpaired) electrons. The van der Waals surface area contributed by atoms with E-state index in [1.165, 1.54) is 41.8 Å². The van der Waals surface area contributed by atoms with Crippen molar-refractivity contribution in [2.24, 2.45) is 11.7 Å². The molecule has 622 valence electrons. The summed E-state index contributed by atoms with van der Waals surface area (Å²) in [5, 5.41) is 23.8. The van der Waals surface area contributed by atoms with E-state index in [2.05, 4.69) is 47.9 Å². The number of carbonyl (C=O) groups excluding carboxylic acids is 14. The van der Waals surface area contributed by atoms with Crippen LogP contribution < -0.4 is 59.1 Å². The second kappa shape index (κ2) is 40.2. The molecule has 0 saturated carbocycles. The first-order chi connectivity index (χ1) is 54.8. The lowest BCUT2D eigenvalue weighted by Crippen LogP contribution is -2.58. The third kappa shape index (κ3) is 23.1. The summed E-state index contributed by atoms with van der Waals surface area (Å²) in [5.41, 5.74) is 6.63. The molecule has 4 aliphatic heterocycles. The monoisotopic (exact) mass is 1630 g/mol. The summed E-state index contributed by atoms with van der Waals surface area (Å²) in [5.74, 6) is -10.5. The fourth-order valence-corrected chi connectivity index (χ4v) is 14.1. The van der Waals surface area contributed by atoms with Crippen molar-refractivity contribution in [3.8, 4) is 11.4 Å². The number of hydrogen-bond acceptors (Lipinski definition) is 25. The first-order valence-electron chi connectivity index (χ1n) is 37.2. The number of amides is 12. The van der Waals surface area contributed by atoms with E-state index in [9.17, 15) is 76.5 Å². The van der Waals surface area contributed by atoms with Gasteiger partial charge in [0.25, 0.3) is 17.4 Å². The zero-order valence-electron chi connectivity index (χ0n) is 63.8. The van der Waals surface area contributed by atoms with E-state index in [0.29, 0.717) is 56.6 Å². The lowest BCUT2D eigenvalue weighted by atomic mass is 9.81. The number of nitrogens with one attached hydrogen (secondary N) is 9. The maximum absolute atomic E-state index is 15.5. The molecule has 1 fully saturated rings. The first kappa shape index (κ1) is 87.8. The van der Waals surface area contributed by atoms with Gasteiger partial charge in [0.15, 0.2) is 0 Å².